The second-order valence-electron chi connectivity index (χ2n) is 5.76. The molecular formula is C15H23N5O2. The molecule has 1 saturated heterocycles. The van der Waals surface area contributed by atoms with Gasteiger partial charge in [0.1, 0.15) is 5.82 Å². The van der Waals surface area contributed by atoms with Gasteiger partial charge in [0.05, 0.1) is 0 Å². The zero-order valence-electron chi connectivity index (χ0n) is 13.4. The Morgan fingerprint density at radius 1 is 1.14 bits per heavy atom. The number of hydrogen-bond donors (Lipinski definition) is 1. The maximum absolute atomic E-state index is 12.8. The van der Waals surface area contributed by atoms with Crippen LogP contribution in [0.15, 0.2) is 9.59 Å². The van der Waals surface area contributed by atoms with Gasteiger partial charge in [0.25, 0.3) is 5.56 Å². The lowest BCUT2D eigenvalue weighted by molar-refractivity contribution is 0.369. The summed E-state index contributed by atoms with van der Waals surface area (Å²) in [4.78, 5) is 29.8. The summed E-state index contributed by atoms with van der Waals surface area (Å²) in [5.74, 6) is 0.814. The molecule has 1 N–H and O–H groups in total. The lowest BCUT2D eigenvalue weighted by Crippen LogP contribution is -2.40. The normalized spacial score (nSPS) is 16.5. The van der Waals surface area contributed by atoms with Gasteiger partial charge in [-0.1, -0.05) is 0 Å². The fourth-order valence-corrected chi connectivity index (χ4v) is 3.44. The average Bonchev–Trinajstić information content (AvgIpc) is 2.86. The van der Waals surface area contributed by atoms with E-state index in [9.17, 15) is 9.59 Å². The van der Waals surface area contributed by atoms with Crippen LogP contribution in [0, 0.1) is 6.92 Å². The Morgan fingerprint density at radius 2 is 1.77 bits per heavy atom. The molecule has 1 aliphatic rings. The molecule has 0 aromatic carbocycles. The predicted octanol–water partition coefficient (Wildman–Crippen LogP) is 0.632. The van der Waals surface area contributed by atoms with Crippen molar-refractivity contribution >= 4 is 11.2 Å². The number of nitrogens with zero attached hydrogens (tertiary/aromatic N) is 4. The van der Waals surface area contributed by atoms with Crippen LogP contribution in [0.2, 0.25) is 0 Å². The largest absolute Gasteiger partial charge is 0.332 e. The molecule has 0 unspecified atom stereocenters. The molecule has 0 amide bonds. The van der Waals surface area contributed by atoms with Crippen molar-refractivity contribution in [2.24, 2.45) is 0 Å². The van der Waals surface area contributed by atoms with Gasteiger partial charge < -0.3 is 9.88 Å². The minimum atomic E-state index is -0.266. The number of imidazole rings is 1. The first-order chi connectivity index (χ1) is 10.6. The summed E-state index contributed by atoms with van der Waals surface area (Å²) in [7, 11) is 0. The highest BCUT2D eigenvalue weighted by atomic mass is 16.2. The molecule has 0 radical (unpaired) electrons. The number of nitrogens with one attached hydrogen (secondary N) is 1. The molecule has 0 saturated carbocycles. The Balaban J connectivity index is 2.37. The van der Waals surface area contributed by atoms with E-state index in [1.54, 1.807) is 4.57 Å². The molecule has 1 fully saturated rings. The summed E-state index contributed by atoms with van der Waals surface area (Å²) in [6.45, 7) is 8.43. The molecule has 0 aliphatic carbocycles. The topological polar surface area (TPSA) is 73.8 Å². The molecule has 3 heterocycles. The first-order valence-electron chi connectivity index (χ1n) is 8.03. The lowest BCUT2D eigenvalue weighted by Gasteiger charge is -2.25. The zero-order valence-corrected chi connectivity index (χ0v) is 13.4. The quantitative estimate of drug-likeness (QED) is 0.903. The van der Waals surface area contributed by atoms with E-state index in [4.69, 9.17) is 0 Å². The lowest BCUT2D eigenvalue weighted by atomic mass is 10.1. The number of aryl methyl sites for hydroxylation is 2. The fraction of sp³-hybridized carbons (Fsp3) is 0.667. The molecule has 2 aromatic rings. The van der Waals surface area contributed by atoms with Crippen LogP contribution in [0.3, 0.4) is 0 Å². The third-order valence-corrected chi connectivity index (χ3v) is 4.54. The maximum Gasteiger partial charge on any atom is 0.332 e. The molecule has 7 heteroatoms. The molecule has 0 spiro atoms. The van der Waals surface area contributed by atoms with Crippen molar-refractivity contribution in [3.63, 3.8) is 0 Å². The highest BCUT2D eigenvalue weighted by molar-refractivity contribution is 5.71. The van der Waals surface area contributed by atoms with Gasteiger partial charge in [0.2, 0.25) is 0 Å². The molecule has 7 nitrogen and oxygen atoms in total. The van der Waals surface area contributed by atoms with Crippen LogP contribution < -0.4 is 16.6 Å². The van der Waals surface area contributed by atoms with Crippen LogP contribution >= 0.6 is 0 Å². The van der Waals surface area contributed by atoms with Crippen molar-refractivity contribution in [3.8, 4) is 0 Å². The van der Waals surface area contributed by atoms with Gasteiger partial charge in [0, 0.05) is 19.1 Å². The number of hydrogen-bond acceptors (Lipinski definition) is 4. The van der Waals surface area contributed by atoms with Gasteiger partial charge >= 0.3 is 5.69 Å². The van der Waals surface area contributed by atoms with Gasteiger partial charge in [-0.2, -0.15) is 0 Å². The van der Waals surface area contributed by atoms with Gasteiger partial charge in [-0.15, -0.1) is 0 Å². The molecule has 2 aromatic heterocycles. The second kappa shape index (κ2) is 5.72. The monoisotopic (exact) mass is 305 g/mol. The Hall–Kier alpha value is -1.89. The highest BCUT2D eigenvalue weighted by Crippen LogP contribution is 2.24. The minimum absolute atomic E-state index is 0.216. The summed E-state index contributed by atoms with van der Waals surface area (Å²) in [5.41, 5.74) is 0.620. The maximum atomic E-state index is 12.8. The summed E-state index contributed by atoms with van der Waals surface area (Å²) < 4.78 is 4.96. The average molecular weight is 305 g/mol. The van der Waals surface area contributed by atoms with E-state index in [2.05, 4.69) is 14.9 Å². The summed E-state index contributed by atoms with van der Waals surface area (Å²) >= 11 is 0. The number of fused-ring (bicyclic) bond motifs is 1. The van der Waals surface area contributed by atoms with Crippen molar-refractivity contribution in [2.45, 2.75) is 52.7 Å². The molecule has 0 bridgehead atoms. The van der Waals surface area contributed by atoms with Crippen LogP contribution in [0.5, 0.6) is 0 Å². The van der Waals surface area contributed by atoms with Crippen LogP contribution in [-0.4, -0.2) is 31.8 Å². The van der Waals surface area contributed by atoms with Crippen molar-refractivity contribution < 1.29 is 0 Å². The third kappa shape index (κ3) is 2.11. The van der Waals surface area contributed by atoms with Crippen molar-refractivity contribution in [1.29, 1.82) is 0 Å². The van der Waals surface area contributed by atoms with Crippen molar-refractivity contribution in [1.82, 2.24) is 24.0 Å². The van der Waals surface area contributed by atoms with Crippen molar-refractivity contribution in [3.05, 3.63) is 26.7 Å². The van der Waals surface area contributed by atoms with E-state index >= 15 is 0 Å². The molecule has 1 aliphatic heterocycles. The van der Waals surface area contributed by atoms with Crippen molar-refractivity contribution in [2.75, 3.05) is 13.1 Å². The van der Waals surface area contributed by atoms with Crippen LogP contribution in [0.25, 0.3) is 11.2 Å². The minimum Gasteiger partial charge on any atom is -0.319 e. The van der Waals surface area contributed by atoms with E-state index in [1.807, 2.05) is 20.8 Å². The molecule has 22 heavy (non-hydrogen) atoms. The summed E-state index contributed by atoms with van der Waals surface area (Å²) in [6.07, 6.45) is 1.95. The summed E-state index contributed by atoms with van der Waals surface area (Å²) in [5, 5.41) is 3.34. The predicted molar refractivity (Wildman–Crippen MR) is 85.5 cm³/mol. The van der Waals surface area contributed by atoms with E-state index in [-0.39, 0.29) is 17.3 Å². The van der Waals surface area contributed by atoms with E-state index < -0.39 is 0 Å². The van der Waals surface area contributed by atoms with Gasteiger partial charge in [-0.3, -0.25) is 13.9 Å². The molecule has 120 valence electrons. The van der Waals surface area contributed by atoms with Gasteiger partial charge in [-0.25, -0.2) is 9.78 Å². The Kier molecular flexibility index (Phi) is 3.90. The SMILES string of the molecule is CCn1c(=O)c2c(nc(C)n2C2CCNCC2)n(CC)c1=O. The number of rotatable bonds is 3. The Bertz CT molecular complexity index is 808. The fourth-order valence-electron chi connectivity index (χ4n) is 3.44. The number of piperidine rings is 1. The second-order valence-corrected chi connectivity index (χ2v) is 5.76. The van der Waals surface area contributed by atoms with E-state index in [1.165, 1.54) is 4.57 Å². The van der Waals surface area contributed by atoms with Gasteiger partial charge in [0.15, 0.2) is 11.2 Å². The van der Waals surface area contributed by atoms with Gasteiger partial charge in [-0.05, 0) is 46.7 Å². The molecule has 3 rings (SSSR count). The van der Waals surface area contributed by atoms with E-state index in [0.717, 1.165) is 31.8 Å². The molecular weight excluding hydrogens is 282 g/mol. The van der Waals surface area contributed by atoms with Crippen LogP contribution in [0.4, 0.5) is 0 Å². The third-order valence-electron chi connectivity index (χ3n) is 4.54. The van der Waals surface area contributed by atoms with Crippen LogP contribution in [0.1, 0.15) is 38.6 Å². The first kappa shape index (κ1) is 15.0. The highest BCUT2D eigenvalue weighted by Gasteiger charge is 2.24. The number of aromatic nitrogens is 4. The Morgan fingerprint density at radius 3 is 2.36 bits per heavy atom. The molecule has 0 atom stereocenters. The smallest absolute Gasteiger partial charge is 0.319 e. The van der Waals surface area contributed by atoms with E-state index in [0.29, 0.717) is 24.3 Å². The first-order valence-corrected chi connectivity index (χ1v) is 8.03. The Labute approximate surface area is 128 Å². The van der Waals surface area contributed by atoms with Crippen LogP contribution in [-0.2, 0) is 13.1 Å². The standard InChI is InChI=1S/C15H23N5O2/c1-4-18-13-12(14(21)19(5-2)15(18)22)20(10(3)17-13)11-6-8-16-9-7-11/h11,16H,4-9H2,1-3H3. The zero-order chi connectivity index (χ0) is 15.9. The summed E-state index contributed by atoms with van der Waals surface area (Å²) in [6, 6.07) is 0.270.